The van der Waals surface area contributed by atoms with E-state index in [2.05, 4.69) is 5.16 Å². The molecule has 0 radical (unpaired) electrons. The molecule has 1 amide bonds. The Kier molecular flexibility index (Phi) is 4.83. The standard InChI is InChI=1S/C18H22N2O4/c1-3-23-18(22)12(2)24-19-16-14-10-6-7-11-15(14)20(17(16)21)13-8-4-5-9-13/h6-7,10-13H,3-5,8-9H2,1-2H3/b19-16+. The Morgan fingerprint density at radius 3 is 2.75 bits per heavy atom. The van der Waals surface area contributed by atoms with Gasteiger partial charge in [0.1, 0.15) is 0 Å². The second-order valence-corrected chi connectivity index (χ2v) is 6.07. The fourth-order valence-corrected chi connectivity index (χ4v) is 3.27. The van der Waals surface area contributed by atoms with E-state index in [1.807, 2.05) is 29.2 Å². The number of oxime groups is 1. The fourth-order valence-electron chi connectivity index (χ4n) is 3.27. The molecule has 24 heavy (non-hydrogen) atoms. The minimum Gasteiger partial charge on any atom is -0.463 e. The Hall–Kier alpha value is -2.37. The number of hydrogen-bond donors (Lipinski definition) is 0. The molecule has 0 spiro atoms. The van der Waals surface area contributed by atoms with Gasteiger partial charge in [-0.3, -0.25) is 4.79 Å². The summed E-state index contributed by atoms with van der Waals surface area (Å²) >= 11 is 0. The number of ether oxygens (including phenoxy) is 1. The SMILES string of the molecule is CCOC(=O)C(C)O/N=C1/C(=O)N(C2CCCC2)c2ccccc21. The third kappa shape index (κ3) is 3.00. The van der Waals surface area contributed by atoms with Crippen molar-refractivity contribution in [2.45, 2.75) is 51.7 Å². The first-order valence-electron chi connectivity index (χ1n) is 8.47. The Bertz CT molecular complexity index is 665. The first-order valence-corrected chi connectivity index (χ1v) is 8.47. The van der Waals surface area contributed by atoms with Crippen molar-refractivity contribution in [1.29, 1.82) is 0 Å². The van der Waals surface area contributed by atoms with Crippen LogP contribution >= 0.6 is 0 Å². The van der Waals surface area contributed by atoms with Crippen molar-refractivity contribution in [3.05, 3.63) is 29.8 Å². The van der Waals surface area contributed by atoms with E-state index >= 15 is 0 Å². The lowest BCUT2D eigenvalue weighted by atomic mass is 10.1. The van der Waals surface area contributed by atoms with Gasteiger partial charge in [-0.05, 0) is 32.8 Å². The van der Waals surface area contributed by atoms with Crippen molar-refractivity contribution in [3.63, 3.8) is 0 Å². The molecule has 1 unspecified atom stereocenters. The minimum atomic E-state index is -0.849. The van der Waals surface area contributed by atoms with Crippen LogP contribution in [0.25, 0.3) is 0 Å². The van der Waals surface area contributed by atoms with Crippen LogP contribution in [0.2, 0.25) is 0 Å². The highest BCUT2D eigenvalue weighted by atomic mass is 16.7. The van der Waals surface area contributed by atoms with Gasteiger partial charge in [0, 0.05) is 11.6 Å². The topological polar surface area (TPSA) is 68.2 Å². The number of anilines is 1. The average molecular weight is 330 g/mol. The zero-order chi connectivity index (χ0) is 17.1. The van der Waals surface area contributed by atoms with E-state index in [0.29, 0.717) is 0 Å². The number of rotatable bonds is 5. The van der Waals surface area contributed by atoms with Crippen molar-refractivity contribution in [2.75, 3.05) is 11.5 Å². The molecule has 3 rings (SSSR count). The van der Waals surface area contributed by atoms with Crippen LogP contribution in [0.4, 0.5) is 5.69 Å². The van der Waals surface area contributed by atoms with Gasteiger partial charge in [-0.2, -0.15) is 0 Å². The van der Waals surface area contributed by atoms with Crippen LogP contribution < -0.4 is 4.90 Å². The highest BCUT2D eigenvalue weighted by molar-refractivity contribution is 6.54. The molecular weight excluding hydrogens is 308 g/mol. The van der Waals surface area contributed by atoms with E-state index in [9.17, 15) is 9.59 Å². The molecule has 1 aromatic carbocycles. The van der Waals surface area contributed by atoms with E-state index in [-0.39, 0.29) is 24.3 Å². The first kappa shape index (κ1) is 16.5. The Morgan fingerprint density at radius 2 is 2.04 bits per heavy atom. The van der Waals surface area contributed by atoms with Crippen LogP contribution in [-0.2, 0) is 19.2 Å². The average Bonchev–Trinajstić information content (AvgIpc) is 3.18. The van der Waals surface area contributed by atoms with Crippen molar-refractivity contribution in [2.24, 2.45) is 5.16 Å². The van der Waals surface area contributed by atoms with Gasteiger partial charge in [0.2, 0.25) is 6.10 Å². The second kappa shape index (κ2) is 7.03. The number of nitrogens with zero attached hydrogens (tertiary/aromatic N) is 2. The molecule has 1 aliphatic carbocycles. The number of para-hydroxylation sites is 1. The molecule has 0 aromatic heterocycles. The number of fused-ring (bicyclic) bond motifs is 1. The maximum Gasteiger partial charge on any atom is 0.349 e. The minimum absolute atomic E-state index is 0.154. The number of carbonyl (C=O) groups excluding carboxylic acids is 2. The molecule has 1 aliphatic heterocycles. The molecule has 0 saturated heterocycles. The third-order valence-electron chi connectivity index (χ3n) is 4.45. The molecule has 0 bridgehead atoms. The van der Waals surface area contributed by atoms with Crippen LogP contribution in [0.15, 0.2) is 29.4 Å². The normalized spacial score (nSPS) is 20.3. The van der Waals surface area contributed by atoms with Crippen molar-refractivity contribution < 1.29 is 19.2 Å². The summed E-state index contributed by atoms with van der Waals surface area (Å²) in [5.74, 6) is -0.646. The van der Waals surface area contributed by atoms with E-state index < -0.39 is 12.1 Å². The molecule has 0 N–H and O–H groups in total. The number of esters is 1. The van der Waals surface area contributed by atoms with E-state index in [1.165, 1.54) is 0 Å². The highest BCUT2D eigenvalue weighted by Crippen LogP contribution is 2.36. The van der Waals surface area contributed by atoms with Gasteiger partial charge in [0.25, 0.3) is 5.91 Å². The Morgan fingerprint density at radius 1 is 1.33 bits per heavy atom. The maximum atomic E-state index is 12.9. The van der Waals surface area contributed by atoms with E-state index in [1.54, 1.807) is 13.8 Å². The number of amides is 1. The number of hydrogen-bond acceptors (Lipinski definition) is 5. The van der Waals surface area contributed by atoms with Crippen LogP contribution in [0.5, 0.6) is 0 Å². The zero-order valence-corrected chi connectivity index (χ0v) is 14.0. The summed E-state index contributed by atoms with van der Waals surface area (Å²) in [5, 5.41) is 4.00. The van der Waals surface area contributed by atoms with E-state index in [0.717, 1.165) is 36.9 Å². The molecule has 1 fully saturated rings. The smallest absolute Gasteiger partial charge is 0.349 e. The largest absolute Gasteiger partial charge is 0.463 e. The van der Waals surface area contributed by atoms with Crippen LogP contribution in [0, 0.1) is 0 Å². The van der Waals surface area contributed by atoms with Crippen molar-refractivity contribution in [1.82, 2.24) is 0 Å². The molecule has 2 aliphatic rings. The summed E-state index contributed by atoms with van der Waals surface area (Å²) < 4.78 is 4.89. The molecule has 1 heterocycles. The summed E-state index contributed by atoms with van der Waals surface area (Å²) in [6.45, 7) is 3.56. The fraction of sp³-hybridized carbons (Fsp3) is 0.500. The van der Waals surface area contributed by atoms with E-state index in [4.69, 9.17) is 9.57 Å². The quantitative estimate of drug-likeness (QED) is 0.615. The summed E-state index contributed by atoms with van der Waals surface area (Å²) in [4.78, 5) is 31.6. The molecular formula is C18H22N2O4. The van der Waals surface area contributed by atoms with Crippen LogP contribution in [-0.4, -0.2) is 36.3 Å². The Labute approximate surface area is 141 Å². The van der Waals surface area contributed by atoms with Crippen LogP contribution in [0.3, 0.4) is 0 Å². The lowest BCUT2D eigenvalue weighted by Gasteiger charge is -2.24. The van der Waals surface area contributed by atoms with Gasteiger partial charge >= 0.3 is 5.97 Å². The molecule has 128 valence electrons. The number of carbonyl (C=O) groups is 2. The van der Waals surface area contributed by atoms with Gasteiger partial charge in [0.15, 0.2) is 5.71 Å². The Balaban J connectivity index is 1.84. The van der Waals surface area contributed by atoms with Gasteiger partial charge in [-0.1, -0.05) is 36.2 Å². The van der Waals surface area contributed by atoms with Gasteiger partial charge in [-0.15, -0.1) is 0 Å². The summed E-state index contributed by atoms with van der Waals surface area (Å²) in [6, 6.07) is 7.80. The maximum absolute atomic E-state index is 12.9. The zero-order valence-electron chi connectivity index (χ0n) is 14.0. The van der Waals surface area contributed by atoms with Gasteiger partial charge in [0.05, 0.1) is 12.3 Å². The van der Waals surface area contributed by atoms with Crippen molar-refractivity contribution in [3.8, 4) is 0 Å². The number of benzene rings is 1. The summed E-state index contributed by atoms with van der Waals surface area (Å²) in [7, 11) is 0. The monoisotopic (exact) mass is 330 g/mol. The van der Waals surface area contributed by atoms with Crippen molar-refractivity contribution >= 4 is 23.3 Å². The highest BCUT2D eigenvalue weighted by Gasteiger charge is 2.39. The lowest BCUT2D eigenvalue weighted by molar-refractivity contribution is -0.155. The molecule has 1 aromatic rings. The second-order valence-electron chi connectivity index (χ2n) is 6.07. The molecule has 6 nitrogen and oxygen atoms in total. The molecule has 1 saturated carbocycles. The summed E-state index contributed by atoms with van der Waals surface area (Å²) in [6.07, 6.45) is 3.44. The van der Waals surface area contributed by atoms with Gasteiger partial charge < -0.3 is 14.5 Å². The van der Waals surface area contributed by atoms with Gasteiger partial charge in [-0.25, -0.2) is 4.79 Å². The summed E-state index contributed by atoms with van der Waals surface area (Å²) in [5.41, 5.74) is 1.89. The first-order chi connectivity index (χ1) is 11.6. The lowest BCUT2D eigenvalue weighted by Crippen LogP contribution is -2.38. The van der Waals surface area contributed by atoms with Crippen LogP contribution in [0.1, 0.15) is 45.1 Å². The molecule has 1 atom stereocenters. The predicted octanol–water partition coefficient (Wildman–Crippen LogP) is 2.65. The predicted molar refractivity (Wildman–Crippen MR) is 89.9 cm³/mol. The molecule has 6 heteroatoms. The third-order valence-corrected chi connectivity index (χ3v) is 4.45.